The van der Waals surface area contributed by atoms with E-state index >= 15 is 0 Å². The van der Waals surface area contributed by atoms with Gasteiger partial charge in [-0.1, -0.05) is 5.16 Å². The number of morpholine rings is 1. The van der Waals surface area contributed by atoms with Crippen molar-refractivity contribution in [2.45, 2.75) is 13.8 Å². The zero-order chi connectivity index (χ0) is 20.5. The van der Waals surface area contributed by atoms with Crippen LogP contribution in [0, 0.1) is 13.8 Å². The molecule has 1 saturated heterocycles. The lowest BCUT2D eigenvalue weighted by Crippen LogP contribution is -2.36. The van der Waals surface area contributed by atoms with E-state index in [4.69, 9.17) is 9.26 Å². The van der Waals surface area contributed by atoms with E-state index in [1.807, 2.05) is 24.3 Å². The van der Waals surface area contributed by atoms with Crippen molar-refractivity contribution in [3.05, 3.63) is 72.1 Å². The molecule has 6 nitrogen and oxygen atoms in total. The summed E-state index contributed by atoms with van der Waals surface area (Å²) in [5.41, 5.74) is 6.58. The highest BCUT2D eigenvalue weighted by Crippen LogP contribution is 2.26. The van der Waals surface area contributed by atoms with Gasteiger partial charge in [0.05, 0.1) is 13.2 Å². The van der Waals surface area contributed by atoms with E-state index in [9.17, 15) is 0 Å². The van der Waals surface area contributed by atoms with E-state index in [0.717, 1.165) is 43.1 Å². The summed E-state index contributed by atoms with van der Waals surface area (Å²) in [5, 5.41) is 4.18. The number of nitrogens with zero attached hydrogens (tertiary/aromatic N) is 4. The van der Waals surface area contributed by atoms with E-state index in [2.05, 4.69) is 69.9 Å². The smallest absolute Gasteiger partial charge is 0.258 e. The standard InChI is InChI=1S/C24H24N4O2/c1-17-3-4-18(2)28(17)22-11-7-20(8-12-22)24-25-23(26-30-24)19-5-9-21(10-6-19)27-13-15-29-16-14-27/h3-12H,13-16H2,1-2H3. The molecule has 3 heterocycles. The van der Waals surface area contributed by atoms with Gasteiger partial charge in [0.25, 0.3) is 5.89 Å². The molecule has 4 aromatic rings. The van der Waals surface area contributed by atoms with Crippen molar-refractivity contribution in [1.82, 2.24) is 14.7 Å². The number of aryl methyl sites for hydroxylation is 2. The van der Waals surface area contributed by atoms with Gasteiger partial charge < -0.3 is 18.7 Å². The lowest BCUT2D eigenvalue weighted by Gasteiger charge is -2.28. The minimum absolute atomic E-state index is 0.523. The maximum Gasteiger partial charge on any atom is 0.258 e. The molecule has 5 rings (SSSR count). The highest BCUT2D eigenvalue weighted by atomic mass is 16.5. The second kappa shape index (κ2) is 7.80. The Morgan fingerprint density at radius 3 is 2.00 bits per heavy atom. The maximum atomic E-state index is 5.53. The van der Waals surface area contributed by atoms with Crippen molar-refractivity contribution in [1.29, 1.82) is 0 Å². The Morgan fingerprint density at radius 1 is 0.733 bits per heavy atom. The molecule has 2 aromatic carbocycles. The molecule has 152 valence electrons. The van der Waals surface area contributed by atoms with Crippen LogP contribution >= 0.6 is 0 Å². The Balaban J connectivity index is 1.35. The molecular weight excluding hydrogens is 376 g/mol. The van der Waals surface area contributed by atoms with Gasteiger partial charge in [-0.25, -0.2) is 0 Å². The monoisotopic (exact) mass is 400 g/mol. The van der Waals surface area contributed by atoms with Gasteiger partial charge in [-0.2, -0.15) is 4.98 Å². The second-order valence-electron chi connectivity index (χ2n) is 7.57. The Labute approximate surface area is 175 Å². The first-order valence-electron chi connectivity index (χ1n) is 10.2. The highest BCUT2D eigenvalue weighted by Gasteiger charge is 2.14. The summed E-state index contributed by atoms with van der Waals surface area (Å²) in [6.45, 7) is 7.61. The topological polar surface area (TPSA) is 56.3 Å². The molecule has 0 saturated carbocycles. The Bertz CT molecular complexity index is 1120. The van der Waals surface area contributed by atoms with Gasteiger partial charge in [-0.05, 0) is 74.5 Å². The van der Waals surface area contributed by atoms with E-state index in [1.165, 1.54) is 17.1 Å². The van der Waals surface area contributed by atoms with E-state index in [0.29, 0.717) is 11.7 Å². The van der Waals surface area contributed by atoms with Gasteiger partial charge in [0, 0.05) is 47.0 Å². The lowest BCUT2D eigenvalue weighted by molar-refractivity contribution is 0.122. The molecule has 0 bridgehead atoms. The molecule has 0 aliphatic carbocycles. The molecule has 1 aliphatic heterocycles. The van der Waals surface area contributed by atoms with Crippen LogP contribution in [-0.4, -0.2) is 41.0 Å². The second-order valence-corrected chi connectivity index (χ2v) is 7.57. The quantitative estimate of drug-likeness (QED) is 0.499. The van der Waals surface area contributed by atoms with E-state index in [-0.39, 0.29) is 0 Å². The number of rotatable bonds is 4. The molecule has 1 aliphatic rings. The summed E-state index contributed by atoms with van der Waals surface area (Å²) < 4.78 is 13.2. The summed E-state index contributed by atoms with van der Waals surface area (Å²) in [6, 6.07) is 20.7. The maximum absolute atomic E-state index is 5.53. The third kappa shape index (κ3) is 3.50. The van der Waals surface area contributed by atoms with Crippen LogP contribution in [0.3, 0.4) is 0 Å². The van der Waals surface area contributed by atoms with Gasteiger partial charge in [0.1, 0.15) is 0 Å². The third-order valence-electron chi connectivity index (χ3n) is 5.57. The van der Waals surface area contributed by atoms with Crippen molar-refractivity contribution in [2.24, 2.45) is 0 Å². The summed E-state index contributed by atoms with van der Waals surface area (Å²) in [4.78, 5) is 6.93. The fourth-order valence-corrected chi connectivity index (χ4v) is 3.93. The SMILES string of the molecule is Cc1ccc(C)n1-c1ccc(-c2nc(-c3ccc(N4CCOCC4)cc3)no2)cc1. The molecule has 6 heteroatoms. The van der Waals surface area contributed by atoms with Crippen molar-refractivity contribution in [2.75, 3.05) is 31.2 Å². The summed E-state index contributed by atoms with van der Waals surface area (Å²) >= 11 is 0. The first-order valence-corrected chi connectivity index (χ1v) is 10.2. The number of ether oxygens (including phenoxy) is 1. The lowest BCUT2D eigenvalue weighted by atomic mass is 10.1. The molecule has 0 N–H and O–H groups in total. The highest BCUT2D eigenvalue weighted by molar-refractivity contribution is 5.63. The van der Waals surface area contributed by atoms with Crippen molar-refractivity contribution < 1.29 is 9.26 Å². The summed E-state index contributed by atoms with van der Waals surface area (Å²) in [6.07, 6.45) is 0. The number of aromatic nitrogens is 3. The van der Waals surface area contributed by atoms with Gasteiger partial charge in [0.15, 0.2) is 0 Å². The van der Waals surface area contributed by atoms with Gasteiger partial charge in [0.2, 0.25) is 5.82 Å². The summed E-state index contributed by atoms with van der Waals surface area (Å²) in [5.74, 6) is 1.12. The zero-order valence-corrected chi connectivity index (χ0v) is 17.2. The van der Waals surface area contributed by atoms with Gasteiger partial charge in [-0.3, -0.25) is 0 Å². The third-order valence-corrected chi connectivity index (χ3v) is 5.57. The first-order chi connectivity index (χ1) is 14.7. The van der Waals surface area contributed by atoms with Gasteiger partial charge in [-0.15, -0.1) is 0 Å². The normalized spacial score (nSPS) is 14.3. The van der Waals surface area contributed by atoms with Crippen molar-refractivity contribution in [3.8, 4) is 28.5 Å². The van der Waals surface area contributed by atoms with E-state index in [1.54, 1.807) is 0 Å². The minimum Gasteiger partial charge on any atom is -0.378 e. The van der Waals surface area contributed by atoms with Crippen LogP contribution in [-0.2, 0) is 4.74 Å². The zero-order valence-electron chi connectivity index (χ0n) is 17.2. The molecule has 0 radical (unpaired) electrons. The number of anilines is 1. The predicted octanol–water partition coefficient (Wildman–Crippen LogP) is 4.65. The van der Waals surface area contributed by atoms with Crippen LogP contribution in [0.1, 0.15) is 11.4 Å². The van der Waals surface area contributed by atoms with E-state index < -0.39 is 0 Å². The van der Waals surface area contributed by atoms with Crippen molar-refractivity contribution >= 4 is 5.69 Å². The van der Waals surface area contributed by atoms with Crippen LogP contribution in [0.4, 0.5) is 5.69 Å². The summed E-state index contributed by atoms with van der Waals surface area (Å²) in [7, 11) is 0. The van der Waals surface area contributed by atoms with Crippen LogP contribution < -0.4 is 4.90 Å². The molecule has 0 unspecified atom stereocenters. The fraction of sp³-hybridized carbons (Fsp3) is 0.250. The minimum atomic E-state index is 0.523. The molecule has 30 heavy (non-hydrogen) atoms. The Hall–Kier alpha value is -3.38. The molecular formula is C24H24N4O2. The van der Waals surface area contributed by atoms with Crippen LogP contribution in [0.2, 0.25) is 0 Å². The largest absolute Gasteiger partial charge is 0.378 e. The van der Waals surface area contributed by atoms with Crippen LogP contribution in [0.5, 0.6) is 0 Å². The average molecular weight is 400 g/mol. The Kier molecular flexibility index (Phi) is 4.85. The fourth-order valence-electron chi connectivity index (χ4n) is 3.93. The van der Waals surface area contributed by atoms with Crippen LogP contribution in [0.15, 0.2) is 65.2 Å². The molecule has 0 spiro atoms. The number of benzene rings is 2. The number of hydrogen-bond acceptors (Lipinski definition) is 5. The predicted molar refractivity (Wildman–Crippen MR) is 117 cm³/mol. The molecule has 0 atom stereocenters. The first kappa shape index (κ1) is 18.6. The Morgan fingerprint density at radius 2 is 1.33 bits per heavy atom. The van der Waals surface area contributed by atoms with Gasteiger partial charge >= 0.3 is 0 Å². The average Bonchev–Trinajstić information content (AvgIpc) is 3.42. The number of hydrogen-bond donors (Lipinski definition) is 0. The van der Waals surface area contributed by atoms with Crippen molar-refractivity contribution in [3.63, 3.8) is 0 Å². The molecule has 0 amide bonds. The van der Waals surface area contributed by atoms with Crippen LogP contribution in [0.25, 0.3) is 28.5 Å². The molecule has 2 aromatic heterocycles. The molecule has 1 fully saturated rings.